The van der Waals surface area contributed by atoms with Crippen molar-refractivity contribution in [2.45, 2.75) is 0 Å². The average molecular weight is 489 g/mol. The lowest BCUT2D eigenvalue weighted by atomic mass is 10.1. The summed E-state index contributed by atoms with van der Waals surface area (Å²) >= 11 is 0. The van der Waals surface area contributed by atoms with E-state index in [1.807, 2.05) is 0 Å². The Morgan fingerprint density at radius 2 is 1.18 bits per heavy atom. The summed E-state index contributed by atoms with van der Waals surface area (Å²) in [6.07, 6.45) is 8.34. The second-order valence-electron chi connectivity index (χ2n) is 9.62. The first-order valence-electron chi connectivity index (χ1n) is 12.9. The molecular formula is C34H24N4. The van der Waals surface area contributed by atoms with Gasteiger partial charge in [-0.25, -0.2) is 10.0 Å². The number of fused-ring (bicyclic) bond motifs is 6. The van der Waals surface area contributed by atoms with Crippen LogP contribution in [0.5, 0.6) is 0 Å². The maximum Gasteiger partial charge on any atom is 0.0909 e. The van der Waals surface area contributed by atoms with Crippen LogP contribution in [0.4, 0.5) is 17.1 Å². The van der Waals surface area contributed by atoms with Gasteiger partial charge in [-0.2, -0.15) is 5.12 Å². The predicted molar refractivity (Wildman–Crippen MR) is 157 cm³/mol. The molecule has 1 aromatic heterocycles. The maximum atomic E-state index is 2.38. The van der Waals surface area contributed by atoms with Crippen LogP contribution in [0.3, 0.4) is 0 Å². The number of allylic oxidation sites excluding steroid dienone is 2. The summed E-state index contributed by atoms with van der Waals surface area (Å²) in [7, 11) is 0. The van der Waals surface area contributed by atoms with E-state index in [-0.39, 0.29) is 0 Å². The standard InChI is InChI=1S/C34H24N4/c1-2-11-25(12-3-1)26-13-10-14-27(23-26)37-31-16-5-4-15-29(31)30-24-28(19-20-32(30)37)38-34-18-7-6-17-33(34)35-21-8-9-22-36(35)38/h1-24H. The molecule has 0 aliphatic carbocycles. The van der Waals surface area contributed by atoms with Gasteiger partial charge in [0.05, 0.1) is 28.1 Å². The van der Waals surface area contributed by atoms with Gasteiger partial charge in [-0.15, -0.1) is 0 Å². The number of nitrogens with zero attached hydrogens (tertiary/aromatic N) is 4. The number of hydrogen-bond acceptors (Lipinski definition) is 3. The molecule has 2 aliphatic rings. The van der Waals surface area contributed by atoms with Crippen molar-refractivity contribution < 1.29 is 0 Å². The molecule has 38 heavy (non-hydrogen) atoms. The summed E-state index contributed by atoms with van der Waals surface area (Å²) in [6, 6.07) is 43.4. The molecule has 0 saturated heterocycles. The van der Waals surface area contributed by atoms with Crippen LogP contribution in [0.2, 0.25) is 0 Å². The highest BCUT2D eigenvalue weighted by molar-refractivity contribution is 6.10. The molecule has 0 amide bonds. The summed E-state index contributed by atoms with van der Waals surface area (Å²) < 4.78 is 2.38. The molecule has 0 bridgehead atoms. The van der Waals surface area contributed by atoms with E-state index in [0.717, 1.165) is 22.7 Å². The largest absolute Gasteiger partial charge is 0.309 e. The second-order valence-corrected chi connectivity index (χ2v) is 9.62. The Hall–Kier alpha value is -5.22. The lowest BCUT2D eigenvalue weighted by Gasteiger charge is -2.34. The third-order valence-electron chi connectivity index (χ3n) is 7.45. The first kappa shape index (κ1) is 20.9. The third-order valence-corrected chi connectivity index (χ3v) is 7.45. The lowest BCUT2D eigenvalue weighted by molar-refractivity contribution is 0.408. The van der Waals surface area contributed by atoms with Crippen molar-refractivity contribution in [2.24, 2.45) is 0 Å². The minimum Gasteiger partial charge on any atom is -0.309 e. The SMILES string of the molecule is C1=CN2c3ccccc3N(c3ccc4c(c3)c3ccccc3n4-c3cccc(-c4ccccc4)c3)N2C=C1. The highest BCUT2D eigenvalue weighted by Gasteiger charge is 2.33. The van der Waals surface area contributed by atoms with Gasteiger partial charge < -0.3 is 4.57 Å². The van der Waals surface area contributed by atoms with E-state index in [1.165, 1.54) is 32.9 Å². The molecular weight excluding hydrogens is 464 g/mol. The van der Waals surface area contributed by atoms with E-state index in [1.54, 1.807) is 0 Å². The van der Waals surface area contributed by atoms with E-state index < -0.39 is 0 Å². The Morgan fingerprint density at radius 1 is 0.447 bits per heavy atom. The first-order valence-corrected chi connectivity index (χ1v) is 12.9. The Bertz CT molecular complexity index is 1900. The van der Waals surface area contributed by atoms with E-state index in [4.69, 9.17) is 0 Å². The normalized spacial score (nSPS) is 13.9. The van der Waals surface area contributed by atoms with Gasteiger partial charge in [-0.3, -0.25) is 0 Å². The summed E-state index contributed by atoms with van der Waals surface area (Å²) in [5, 5.41) is 9.09. The predicted octanol–water partition coefficient (Wildman–Crippen LogP) is 8.58. The molecule has 4 nitrogen and oxygen atoms in total. The zero-order valence-corrected chi connectivity index (χ0v) is 20.6. The topological polar surface area (TPSA) is 14.7 Å². The first-order chi connectivity index (χ1) is 18.9. The number of hydrazine groups is 2. The van der Waals surface area contributed by atoms with Gasteiger partial charge in [0.25, 0.3) is 0 Å². The Kier molecular flexibility index (Phi) is 4.49. The lowest BCUT2D eigenvalue weighted by Crippen LogP contribution is -2.40. The van der Waals surface area contributed by atoms with Crippen molar-refractivity contribution in [1.29, 1.82) is 0 Å². The zero-order valence-electron chi connectivity index (χ0n) is 20.6. The van der Waals surface area contributed by atoms with Crippen molar-refractivity contribution in [3.8, 4) is 16.8 Å². The van der Waals surface area contributed by atoms with Gasteiger partial charge in [0, 0.05) is 28.9 Å². The fourth-order valence-electron chi connectivity index (χ4n) is 5.78. The van der Waals surface area contributed by atoms with Gasteiger partial charge in [0.2, 0.25) is 0 Å². The van der Waals surface area contributed by atoms with E-state index in [2.05, 4.69) is 166 Å². The van der Waals surface area contributed by atoms with Crippen molar-refractivity contribution in [3.05, 3.63) is 146 Å². The molecule has 0 radical (unpaired) electrons. The van der Waals surface area contributed by atoms with Gasteiger partial charge in [0.1, 0.15) is 0 Å². The van der Waals surface area contributed by atoms with Crippen molar-refractivity contribution in [3.63, 3.8) is 0 Å². The molecule has 8 rings (SSSR count). The number of aromatic nitrogens is 1. The van der Waals surface area contributed by atoms with E-state index in [9.17, 15) is 0 Å². The highest BCUT2D eigenvalue weighted by atomic mass is 15.9. The molecule has 0 unspecified atom stereocenters. The van der Waals surface area contributed by atoms with Gasteiger partial charge in [0.15, 0.2) is 0 Å². The summed E-state index contributed by atoms with van der Waals surface area (Å²) in [5.41, 5.74) is 9.42. The molecule has 6 aromatic rings. The summed E-state index contributed by atoms with van der Waals surface area (Å²) in [6.45, 7) is 0. The van der Waals surface area contributed by atoms with Gasteiger partial charge >= 0.3 is 0 Å². The van der Waals surface area contributed by atoms with Crippen LogP contribution in [0, 0.1) is 0 Å². The Labute approximate surface area is 221 Å². The Morgan fingerprint density at radius 3 is 2.11 bits per heavy atom. The van der Waals surface area contributed by atoms with Gasteiger partial charge in [-0.05, 0) is 71.8 Å². The molecule has 0 saturated carbocycles. The molecule has 4 heteroatoms. The highest BCUT2D eigenvalue weighted by Crippen LogP contribution is 2.45. The molecule has 3 heterocycles. The summed E-state index contributed by atoms with van der Waals surface area (Å²) in [4.78, 5) is 0. The number of hydrogen-bond donors (Lipinski definition) is 0. The van der Waals surface area contributed by atoms with Crippen LogP contribution in [-0.4, -0.2) is 9.69 Å². The maximum absolute atomic E-state index is 2.38. The quantitative estimate of drug-likeness (QED) is 0.248. The molecule has 5 aromatic carbocycles. The van der Waals surface area contributed by atoms with Crippen molar-refractivity contribution >= 4 is 38.9 Å². The minimum atomic E-state index is 1.12. The Balaban J connectivity index is 1.33. The molecule has 0 spiro atoms. The molecule has 0 fully saturated rings. The smallest absolute Gasteiger partial charge is 0.0909 e. The minimum absolute atomic E-state index is 1.12. The second kappa shape index (κ2) is 8.15. The van der Waals surface area contributed by atoms with Crippen LogP contribution < -0.4 is 10.0 Å². The van der Waals surface area contributed by atoms with Crippen LogP contribution in [-0.2, 0) is 0 Å². The fraction of sp³-hybridized carbons (Fsp3) is 0. The average Bonchev–Trinajstić information content (AvgIpc) is 3.50. The summed E-state index contributed by atoms with van der Waals surface area (Å²) in [5.74, 6) is 0. The fourth-order valence-corrected chi connectivity index (χ4v) is 5.78. The van der Waals surface area contributed by atoms with Crippen LogP contribution >= 0.6 is 0 Å². The number of benzene rings is 5. The van der Waals surface area contributed by atoms with Crippen LogP contribution in [0.25, 0.3) is 38.6 Å². The van der Waals surface area contributed by atoms with Crippen molar-refractivity contribution in [2.75, 3.05) is 10.0 Å². The number of anilines is 3. The molecule has 0 N–H and O–H groups in total. The number of rotatable bonds is 3. The van der Waals surface area contributed by atoms with Crippen molar-refractivity contribution in [1.82, 2.24) is 9.69 Å². The van der Waals surface area contributed by atoms with Gasteiger partial charge in [-0.1, -0.05) is 72.8 Å². The third kappa shape index (κ3) is 3.04. The zero-order chi connectivity index (χ0) is 25.1. The number of para-hydroxylation sites is 3. The molecule has 0 atom stereocenters. The monoisotopic (exact) mass is 488 g/mol. The molecule has 180 valence electrons. The van der Waals surface area contributed by atoms with E-state index >= 15 is 0 Å². The van der Waals surface area contributed by atoms with E-state index in [0.29, 0.717) is 0 Å². The van der Waals surface area contributed by atoms with Crippen LogP contribution in [0.15, 0.2) is 146 Å². The van der Waals surface area contributed by atoms with Crippen LogP contribution in [0.1, 0.15) is 0 Å². The molecule has 2 aliphatic heterocycles.